The first-order valence-electron chi connectivity index (χ1n) is 15.6. The highest BCUT2D eigenvalue weighted by molar-refractivity contribution is 7.99. The summed E-state index contributed by atoms with van der Waals surface area (Å²) in [5.74, 6) is 10.9. The van der Waals surface area contributed by atoms with Crippen LogP contribution in [0, 0.1) is 29.1 Å². The minimum atomic E-state index is -1.24. The van der Waals surface area contributed by atoms with Crippen LogP contribution in [-0.4, -0.2) is 75.5 Å². The third kappa shape index (κ3) is 4.79. The second kappa shape index (κ2) is 11.9. The van der Waals surface area contributed by atoms with E-state index in [4.69, 9.17) is 4.74 Å². The number of aliphatic hydroxyl groups is 2. The van der Waals surface area contributed by atoms with Crippen LogP contribution in [0.4, 0.5) is 10.5 Å². The van der Waals surface area contributed by atoms with Crippen molar-refractivity contribution in [2.45, 2.75) is 48.4 Å². The maximum absolute atomic E-state index is 14.2. The summed E-state index contributed by atoms with van der Waals surface area (Å²) in [5.41, 5.74) is -0.682. The molecule has 2 bridgehead atoms. The molecule has 9 nitrogen and oxygen atoms in total. The summed E-state index contributed by atoms with van der Waals surface area (Å²) < 4.78 is 5.42. The molecule has 0 radical (unpaired) electrons. The monoisotopic (exact) mass is 660 g/mol. The molecular formula is C38H32N2O7S. The van der Waals surface area contributed by atoms with E-state index in [0.29, 0.717) is 29.0 Å². The summed E-state index contributed by atoms with van der Waals surface area (Å²) in [6.45, 7) is 1.98. The average molecular weight is 661 g/mol. The van der Waals surface area contributed by atoms with Gasteiger partial charge in [0, 0.05) is 46.2 Å². The Balaban J connectivity index is 1.17. The van der Waals surface area contributed by atoms with E-state index in [2.05, 4.69) is 29.0 Å². The van der Waals surface area contributed by atoms with Crippen LogP contribution in [-0.2, 0) is 16.7 Å². The molecule has 10 heteroatoms. The van der Waals surface area contributed by atoms with Crippen LogP contribution in [0.25, 0.3) is 0 Å². The van der Waals surface area contributed by atoms with Gasteiger partial charge in [0.1, 0.15) is 18.5 Å². The van der Waals surface area contributed by atoms with E-state index >= 15 is 0 Å². The largest absolute Gasteiger partial charge is 0.507 e. The molecule has 4 aliphatic rings. The van der Waals surface area contributed by atoms with E-state index in [1.165, 1.54) is 17.0 Å². The van der Waals surface area contributed by atoms with Gasteiger partial charge >= 0.3 is 6.09 Å². The number of nitrogens with zero attached hydrogens (tertiary/aromatic N) is 1. The van der Waals surface area contributed by atoms with Gasteiger partial charge in [0.25, 0.3) is 0 Å². The molecule has 3 aromatic rings. The molecule has 0 unspecified atom stereocenters. The molecule has 0 spiro atoms. The maximum atomic E-state index is 14.2. The summed E-state index contributed by atoms with van der Waals surface area (Å²) >= 11 is 1.58. The molecule has 5 atom stereocenters. The van der Waals surface area contributed by atoms with Crippen molar-refractivity contribution in [3.63, 3.8) is 0 Å². The Labute approximate surface area is 282 Å². The van der Waals surface area contributed by atoms with Crippen LogP contribution in [0.1, 0.15) is 56.3 Å². The predicted molar refractivity (Wildman–Crippen MR) is 180 cm³/mol. The third-order valence-corrected chi connectivity index (χ3v) is 10.8. The van der Waals surface area contributed by atoms with Crippen LogP contribution in [0.3, 0.4) is 0 Å². The minimum Gasteiger partial charge on any atom is -0.507 e. The van der Waals surface area contributed by atoms with Gasteiger partial charge in [-0.1, -0.05) is 47.9 Å². The van der Waals surface area contributed by atoms with E-state index < -0.39 is 52.5 Å². The maximum Gasteiger partial charge on any atom is 0.409 e. The standard InChI is InChI=1S/C38H32N2O7S/c1-22(41)37-21-38(37)27-19-28(42)31-32(33(27)39-29(37)12-8-3-4-9-13-30(38)43)34(44)25-15-14-23(18-26(25)35(31)45)20-40(2)36(46)47-16-17-48-24-10-6-5-7-11-24/h3-7,10-11,14-15,18-19,22,29-30,39,41-43H,16-17,20-21H2,1-2H3/b4-3-/t22-,29+,30-,37-,38-/m1/s1. The average Bonchev–Trinajstić information content (AvgIpc) is 3.81. The molecule has 0 aromatic heterocycles. The fraction of sp³-hybridized carbons (Fsp3) is 0.289. The molecule has 48 heavy (non-hydrogen) atoms. The number of ether oxygens (including phenoxy) is 1. The van der Waals surface area contributed by atoms with E-state index in [-0.39, 0.29) is 35.4 Å². The first-order chi connectivity index (χ1) is 23.1. The fourth-order valence-electron chi connectivity index (χ4n) is 7.51. The number of hydrogen-bond donors (Lipinski definition) is 4. The molecule has 7 rings (SSSR count). The molecule has 1 saturated carbocycles. The number of ketones is 2. The molecule has 4 N–H and O–H groups in total. The number of thioether (sulfide) groups is 1. The van der Waals surface area contributed by atoms with E-state index in [1.54, 1.807) is 50.0 Å². The number of nitrogens with one attached hydrogen (secondary N) is 1. The van der Waals surface area contributed by atoms with Gasteiger partial charge in [-0.25, -0.2) is 4.79 Å². The van der Waals surface area contributed by atoms with Crippen molar-refractivity contribution in [1.82, 2.24) is 4.90 Å². The second-order valence-corrected chi connectivity index (χ2v) is 13.7. The van der Waals surface area contributed by atoms with Gasteiger partial charge in [0.05, 0.1) is 29.0 Å². The molecular weight excluding hydrogens is 628 g/mol. The summed E-state index contributed by atoms with van der Waals surface area (Å²) in [4.78, 5) is 43.4. The van der Waals surface area contributed by atoms with Crippen LogP contribution < -0.4 is 5.32 Å². The zero-order valence-electron chi connectivity index (χ0n) is 26.2. The first-order valence-corrected chi connectivity index (χ1v) is 16.6. The van der Waals surface area contributed by atoms with Crippen LogP contribution >= 0.6 is 11.8 Å². The summed E-state index contributed by atoms with van der Waals surface area (Å²) in [6.07, 6.45) is 0.704. The number of amides is 1. The molecule has 0 saturated heterocycles. The van der Waals surface area contributed by atoms with Gasteiger partial charge in [0.15, 0.2) is 11.6 Å². The SMILES string of the molecule is C[C@@H](O)[C@@]12C[C@]13c1cc(O)c4c(c1N[C@H]2C#C/C=C\C#C[C@H]3O)C(=O)c1ccc(CN(C)C(=O)OCCSc2ccccc2)cc1C4=O. The van der Waals surface area contributed by atoms with Gasteiger partial charge in [-0.15, -0.1) is 11.8 Å². The lowest BCUT2D eigenvalue weighted by Crippen LogP contribution is -2.50. The van der Waals surface area contributed by atoms with Crippen molar-refractivity contribution < 1.29 is 34.4 Å². The smallest absolute Gasteiger partial charge is 0.409 e. The number of benzene rings is 3. The molecule has 1 aliphatic heterocycles. The Kier molecular flexibility index (Phi) is 7.84. The molecule has 3 aliphatic carbocycles. The van der Waals surface area contributed by atoms with Gasteiger partial charge in [0.2, 0.25) is 0 Å². The Hall–Kier alpha value is -5.00. The zero-order valence-corrected chi connectivity index (χ0v) is 27.1. The van der Waals surface area contributed by atoms with Gasteiger partial charge in [-0.05, 0) is 67.0 Å². The number of hydrogen-bond acceptors (Lipinski definition) is 9. The predicted octanol–water partition coefficient (Wildman–Crippen LogP) is 4.27. The van der Waals surface area contributed by atoms with Crippen LogP contribution in [0.5, 0.6) is 5.75 Å². The highest BCUT2D eigenvalue weighted by atomic mass is 32.2. The van der Waals surface area contributed by atoms with Crippen molar-refractivity contribution in [2.75, 3.05) is 24.7 Å². The van der Waals surface area contributed by atoms with Crippen molar-refractivity contribution in [3.8, 4) is 29.4 Å². The fourth-order valence-corrected chi connectivity index (χ4v) is 8.26. The van der Waals surface area contributed by atoms with Crippen LogP contribution in [0.15, 0.2) is 71.6 Å². The van der Waals surface area contributed by atoms with E-state index in [9.17, 15) is 29.7 Å². The number of anilines is 1. The zero-order chi connectivity index (χ0) is 33.8. The van der Waals surface area contributed by atoms with Crippen LogP contribution in [0.2, 0.25) is 0 Å². The lowest BCUT2D eigenvalue weighted by atomic mass is 9.69. The summed E-state index contributed by atoms with van der Waals surface area (Å²) in [6, 6.07) is 15.3. The van der Waals surface area contributed by atoms with Crippen molar-refractivity contribution >= 4 is 35.1 Å². The molecule has 1 heterocycles. The first kappa shape index (κ1) is 31.6. The van der Waals surface area contributed by atoms with E-state index in [1.807, 2.05) is 30.3 Å². The number of allylic oxidation sites excluding steroid dienone is 2. The summed E-state index contributed by atoms with van der Waals surface area (Å²) in [7, 11) is 1.59. The Morgan fingerprint density at radius 2 is 1.79 bits per heavy atom. The van der Waals surface area contributed by atoms with Gasteiger partial charge in [-0.3, -0.25) is 9.59 Å². The van der Waals surface area contributed by atoms with Crippen molar-refractivity contribution in [3.05, 3.63) is 100 Å². The Morgan fingerprint density at radius 1 is 1.06 bits per heavy atom. The number of fused-ring (bicyclic) bond motifs is 4. The van der Waals surface area contributed by atoms with Gasteiger partial charge in [-0.2, -0.15) is 0 Å². The molecule has 3 aromatic carbocycles. The molecule has 242 valence electrons. The highest BCUT2D eigenvalue weighted by Gasteiger charge is 2.79. The Morgan fingerprint density at radius 3 is 2.54 bits per heavy atom. The number of aromatic hydroxyl groups is 1. The van der Waals surface area contributed by atoms with Crippen molar-refractivity contribution in [2.24, 2.45) is 5.41 Å². The topological polar surface area (TPSA) is 136 Å². The normalized spacial score (nSPS) is 25.2. The lowest BCUT2D eigenvalue weighted by Gasteiger charge is -2.42. The third-order valence-electron chi connectivity index (χ3n) is 9.86. The quantitative estimate of drug-likeness (QED) is 0.0992. The number of phenolic OH excluding ortho intramolecular Hbond substituents is 1. The molecule has 1 amide bonds. The van der Waals surface area contributed by atoms with Gasteiger partial charge < -0.3 is 30.3 Å². The molecule has 1 fully saturated rings. The number of carbonyl (C=O) groups excluding carboxylic acids is 3. The number of carbonyl (C=O) groups is 3. The number of phenols is 1. The van der Waals surface area contributed by atoms with Crippen molar-refractivity contribution in [1.29, 1.82) is 0 Å². The second-order valence-electron chi connectivity index (χ2n) is 12.5. The summed E-state index contributed by atoms with van der Waals surface area (Å²) in [5, 5.41) is 37.2. The lowest BCUT2D eigenvalue weighted by molar-refractivity contribution is 0.0603. The van der Waals surface area contributed by atoms with E-state index in [0.717, 1.165) is 4.90 Å². The minimum absolute atomic E-state index is 0.00523. The number of rotatable bonds is 7. The Bertz CT molecular complexity index is 2040. The highest BCUT2D eigenvalue weighted by Crippen LogP contribution is 2.74. The number of aliphatic hydroxyl groups excluding tert-OH is 2.